The highest BCUT2D eigenvalue weighted by Crippen LogP contribution is 2.40. The maximum Gasteiger partial charge on any atom is 0.416 e. The summed E-state index contributed by atoms with van der Waals surface area (Å²) in [6.07, 6.45) is -4.36. The van der Waals surface area contributed by atoms with Gasteiger partial charge in [0.15, 0.2) is 10.9 Å². The van der Waals surface area contributed by atoms with Crippen LogP contribution in [0.1, 0.15) is 36.9 Å². The van der Waals surface area contributed by atoms with Gasteiger partial charge in [-0.25, -0.2) is 19.7 Å². The molecule has 1 fully saturated rings. The lowest BCUT2D eigenvalue weighted by atomic mass is 10.0. The summed E-state index contributed by atoms with van der Waals surface area (Å²) < 4.78 is 48.1. The zero-order valence-corrected chi connectivity index (χ0v) is 25.3. The number of rotatable bonds is 7. The number of aromatic nitrogens is 3. The topological polar surface area (TPSA) is 147 Å². The van der Waals surface area contributed by atoms with Gasteiger partial charge in [0.25, 0.3) is 0 Å². The molecular weight excluding hydrogens is 637 g/mol. The largest absolute Gasteiger partial charge is 0.465 e. The fourth-order valence-corrected chi connectivity index (χ4v) is 6.40. The van der Waals surface area contributed by atoms with E-state index in [1.807, 2.05) is 0 Å². The third-order valence-electron chi connectivity index (χ3n) is 7.50. The molecule has 15 heteroatoms. The van der Waals surface area contributed by atoms with Gasteiger partial charge in [-0.2, -0.15) is 13.2 Å². The van der Waals surface area contributed by atoms with Crippen molar-refractivity contribution < 1.29 is 37.4 Å². The average Bonchev–Trinajstić information content (AvgIpc) is 3.66. The fourth-order valence-electron chi connectivity index (χ4n) is 5.47. The summed E-state index contributed by atoms with van der Waals surface area (Å²) in [5.41, 5.74) is 0.181. The number of nitrogens with one attached hydrogen (secondary N) is 2. The van der Waals surface area contributed by atoms with Gasteiger partial charge in [-0.1, -0.05) is 53.8 Å². The number of nitrogens with zero attached hydrogens (tertiary/aromatic N) is 4. The predicted molar refractivity (Wildman–Crippen MR) is 167 cm³/mol. The monoisotopic (exact) mass is 662 g/mol. The summed E-state index contributed by atoms with van der Waals surface area (Å²) in [4.78, 5) is 51.1. The SMILES string of the molecule is CC(=O)Nc1nc2c(Oc3cc(-c4ccc(C(F)(F)F)cc4NC(=O)C4CCC(c5ccccc5)N4C(=O)O)ncn3)cccc2s1. The summed E-state index contributed by atoms with van der Waals surface area (Å²) in [7, 11) is 0. The van der Waals surface area contributed by atoms with Crippen molar-refractivity contribution in [1.29, 1.82) is 0 Å². The van der Waals surface area contributed by atoms with E-state index in [4.69, 9.17) is 4.74 Å². The Morgan fingerprint density at radius 3 is 2.49 bits per heavy atom. The van der Waals surface area contributed by atoms with Gasteiger partial charge in [-0.15, -0.1) is 0 Å². The van der Waals surface area contributed by atoms with E-state index in [1.165, 1.54) is 30.4 Å². The summed E-state index contributed by atoms with van der Waals surface area (Å²) >= 11 is 1.24. The predicted octanol–water partition coefficient (Wildman–Crippen LogP) is 7.35. The molecular formula is C32H25F3N6O5S. The first-order chi connectivity index (χ1) is 22.5. The molecule has 0 saturated carbocycles. The first-order valence-corrected chi connectivity index (χ1v) is 15.1. The number of hydrogen-bond donors (Lipinski definition) is 3. The minimum absolute atomic E-state index is 0.0345. The van der Waals surface area contributed by atoms with Crippen molar-refractivity contribution >= 4 is 50.3 Å². The number of thiazole rings is 1. The van der Waals surface area contributed by atoms with Gasteiger partial charge < -0.3 is 20.5 Å². The summed E-state index contributed by atoms with van der Waals surface area (Å²) in [6, 6.07) is 16.5. The van der Waals surface area contributed by atoms with Crippen LogP contribution in [0.15, 0.2) is 79.1 Å². The van der Waals surface area contributed by atoms with Crippen LogP contribution < -0.4 is 15.4 Å². The van der Waals surface area contributed by atoms with Gasteiger partial charge in [0.2, 0.25) is 17.7 Å². The molecule has 47 heavy (non-hydrogen) atoms. The number of carbonyl (C=O) groups excluding carboxylic acids is 2. The second-order valence-electron chi connectivity index (χ2n) is 10.6. The van der Waals surface area contributed by atoms with E-state index in [-0.39, 0.29) is 35.2 Å². The molecule has 3 aromatic carbocycles. The maximum atomic E-state index is 13.8. The van der Waals surface area contributed by atoms with Crippen molar-refractivity contribution in [2.24, 2.45) is 0 Å². The molecule has 3 heterocycles. The summed E-state index contributed by atoms with van der Waals surface area (Å²) in [5.74, 6) is -0.718. The molecule has 3 N–H and O–H groups in total. The van der Waals surface area contributed by atoms with Crippen LogP contribution in [0.3, 0.4) is 0 Å². The molecule has 3 amide bonds. The molecule has 240 valence electrons. The molecule has 0 radical (unpaired) electrons. The molecule has 2 atom stereocenters. The second kappa shape index (κ2) is 12.7. The zero-order chi connectivity index (χ0) is 33.3. The smallest absolute Gasteiger partial charge is 0.416 e. The average molecular weight is 663 g/mol. The number of likely N-dealkylation sites (tertiary alicyclic amines) is 1. The van der Waals surface area contributed by atoms with Crippen molar-refractivity contribution in [1.82, 2.24) is 19.9 Å². The number of ether oxygens (including phenoxy) is 1. The fraction of sp³-hybridized carbons (Fsp3) is 0.188. The van der Waals surface area contributed by atoms with E-state index in [2.05, 4.69) is 25.6 Å². The van der Waals surface area contributed by atoms with Gasteiger partial charge in [-0.3, -0.25) is 14.5 Å². The molecule has 2 unspecified atom stereocenters. The van der Waals surface area contributed by atoms with E-state index in [0.29, 0.717) is 28.4 Å². The van der Waals surface area contributed by atoms with E-state index in [9.17, 15) is 32.7 Å². The van der Waals surface area contributed by atoms with Crippen LogP contribution in [0.4, 0.5) is 28.8 Å². The first kappa shape index (κ1) is 31.4. The van der Waals surface area contributed by atoms with Gasteiger partial charge in [0, 0.05) is 18.6 Å². The number of anilines is 2. The van der Waals surface area contributed by atoms with E-state index in [1.54, 1.807) is 48.5 Å². The Kier molecular flexibility index (Phi) is 8.47. The van der Waals surface area contributed by atoms with Crippen LogP contribution in [-0.2, 0) is 15.8 Å². The zero-order valence-electron chi connectivity index (χ0n) is 24.5. The van der Waals surface area contributed by atoms with Crippen LogP contribution in [0.5, 0.6) is 11.6 Å². The standard InChI is InChI=1S/C32H25F3N6O5S/c1-17(42)38-30-40-28-25(8-5-9-26(28)47-30)46-27-15-21(36-16-37-27)20-11-10-19(32(33,34)35)14-22(20)39-29(43)24-13-12-23(41(24)31(44)45)18-6-3-2-4-7-18/h2-11,14-16,23-24H,12-13H2,1H3,(H,39,43)(H,44,45)(H,38,40,42). The highest BCUT2D eigenvalue weighted by atomic mass is 32.1. The highest BCUT2D eigenvalue weighted by Gasteiger charge is 2.42. The lowest BCUT2D eigenvalue weighted by Crippen LogP contribution is -2.43. The van der Waals surface area contributed by atoms with E-state index < -0.39 is 35.8 Å². The van der Waals surface area contributed by atoms with Crippen molar-refractivity contribution in [3.05, 3.63) is 90.3 Å². The van der Waals surface area contributed by atoms with Crippen LogP contribution in [0.25, 0.3) is 21.5 Å². The molecule has 6 rings (SSSR count). The number of halogens is 3. The minimum atomic E-state index is -4.72. The maximum absolute atomic E-state index is 13.8. The Bertz CT molecular complexity index is 1990. The molecule has 0 spiro atoms. The van der Waals surface area contributed by atoms with Gasteiger partial charge in [0.1, 0.15) is 17.9 Å². The second-order valence-corrected chi connectivity index (χ2v) is 11.6. The molecule has 5 aromatic rings. The van der Waals surface area contributed by atoms with E-state index >= 15 is 0 Å². The van der Waals surface area contributed by atoms with Crippen LogP contribution >= 0.6 is 11.3 Å². The molecule has 1 saturated heterocycles. The van der Waals surface area contributed by atoms with Crippen molar-refractivity contribution in [2.75, 3.05) is 10.6 Å². The Morgan fingerprint density at radius 1 is 0.979 bits per heavy atom. The van der Waals surface area contributed by atoms with Crippen LogP contribution in [-0.4, -0.2) is 48.9 Å². The molecule has 11 nitrogen and oxygen atoms in total. The molecule has 1 aliphatic heterocycles. The summed E-state index contributed by atoms with van der Waals surface area (Å²) in [6.45, 7) is 1.36. The third kappa shape index (κ3) is 6.70. The number of hydrogen-bond acceptors (Lipinski definition) is 8. The Morgan fingerprint density at radius 2 is 1.77 bits per heavy atom. The molecule has 0 aliphatic carbocycles. The van der Waals surface area contributed by atoms with Crippen LogP contribution in [0, 0.1) is 0 Å². The summed E-state index contributed by atoms with van der Waals surface area (Å²) in [5, 5.41) is 15.6. The number of alkyl halides is 3. The van der Waals surface area contributed by atoms with E-state index in [0.717, 1.165) is 28.1 Å². The number of benzene rings is 3. The normalized spacial score (nSPS) is 16.2. The van der Waals surface area contributed by atoms with Gasteiger partial charge in [-0.05, 0) is 42.7 Å². The van der Waals surface area contributed by atoms with Gasteiger partial charge in [0.05, 0.1) is 27.7 Å². The Hall–Kier alpha value is -5.57. The van der Waals surface area contributed by atoms with Crippen molar-refractivity contribution in [3.63, 3.8) is 0 Å². The van der Waals surface area contributed by atoms with Gasteiger partial charge >= 0.3 is 12.3 Å². The number of carbonyl (C=O) groups is 3. The quantitative estimate of drug-likeness (QED) is 0.164. The number of carboxylic acid groups (broad SMARTS) is 1. The number of fused-ring (bicyclic) bond motifs is 1. The lowest BCUT2D eigenvalue weighted by Gasteiger charge is -2.27. The lowest BCUT2D eigenvalue weighted by molar-refractivity contribution is -0.137. The first-order valence-electron chi connectivity index (χ1n) is 14.2. The van der Waals surface area contributed by atoms with Crippen molar-refractivity contribution in [2.45, 2.75) is 38.0 Å². The minimum Gasteiger partial charge on any atom is -0.465 e. The molecule has 2 aromatic heterocycles. The Labute approximate surface area is 269 Å². The number of amides is 3. The highest BCUT2D eigenvalue weighted by molar-refractivity contribution is 7.22. The molecule has 0 bridgehead atoms. The third-order valence-corrected chi connectivity index (χ3v) is 8.43. The molecule has 1 aliphatic rings. The number of para-hydroxylation sites is 1. The Balaban J connectivity index is 1.31. The van der Waals surface area contributed by atoms with Crippen molar-refractivity contribution in [3.8, 4) is 22.9 Å². The van der Waals surface area contributed by atoms with Crippen LogP contribution in [0.2, 0.25) is 0 Å².